The van der Waals surface area contributed by atoms with Gasteiger partial charge in [0.15, 0.2) is 0 Å². The summed E-state index contributed by atoms with van der Waals surface area (Å²) in [6.45, 7) is 2.24. The highest BCUT2D eigenvalue weighted by Crippen LogP contribution is 2.61. The predicted octanol–water partition coefficient (Wildman–Crippen LogP) is 6.12. The summed E-state index contributed by atoms with van der Waals surface area (Å²) in [5.41, 5.74) is 3.11. The van der Waals surface area contributed by atoms with E-state index in [-0.39, 0.29) is 5.60 Å². The maximum absolute atomic E-state index is 6.62. The van der Waals surface area contributed by atoms with Gasteiger partial charge in [-0.15, -0.1) is 0 Å². The summed E-state index contributed by atoms with van der Waals surface area (Å²) < 4.78 is 6.62. The third-order valence-electron chi connectivity index (χ3n) is 5.85. The van der Waals surface area contributed by atoms with Crippen LogP contribution in [0.4, 0.5) is 0 Å². The maximum atomic E-state index is 6.62. The predicted molar refractivity (Wildman–Crippen MR) is 111 cm³/mol. The molecule has 0 aromatic heterocycles. The van der Waals surface area contributed by atoms with Gasteiger partial charge in [0.25, 0.3) is 0 Å². The third-order valence-corrected chi connectivity index (χ3v) is 5.85. The van der Waals surface area contributed by atoms with Crippen molar-refractivity contribution < 1.29 is 4.74 Å². The standard InChI is InChI=1S/C26H22O/c1-25(19-21-13-10-12-20-11-8-9-18-24(20)21)26(27-25,22-14-4-2-5-15-22)23-16-6-3-7-17-23/h2-18H,19H2,1H3. The second kappa shape index (κ2) is 6.07. The van der Waals surface area contributed by atoms with Crippen LogP contribution in [0.5, 0.6) is 0 Å². The number of fused-ring (bicyclic) bond motifs is 1. The molecule has 1 heterocycles. The van der Waals surface area contributed by atoms with Crippen LogP contribution in [0.1, 0.15) is 23.6 Å². The average molecular weight is 350 g/mol. The quantitative estimate of drug-likeness (QED) is 0.404. The number of epoxide rings is 1. The molecule has 132 valence electrons. The molecule has 1 saturated heterocycles. The van der Waals surface area contributed by atoms with Crippen LogP contribution in [-0.2, 0) is 16.8 Å². The maximum Gasteiger partial charge on any atom is 0.148 e. The zero-order chi connectivity index (χ0) is 18.3. The minimum atomic E-state index is -0.396. The van der Waals surface area contributed by atoms with E-state index < -0.39 is 5.60 Å². The minimum absolute atomic E-state index is 0.278. The first kappa shape index (κ1) is 16.3. The monoisotopic (exact) mass is 350 g/mol. The molecule has 1 heteroatoms. The van der Waals surface area contributed by atoms with Gasteiger partial charge in [-0.3, -0.25) is 0 Å². The van der Waals surface area contributed by atoms with Gasteiger partial charge in [0.05, 0.1) is 0 Å². The lowest BCUT2D eigenvalue weighted by molar-refractivity contribution is 0.286. The van der Waals surface area contributed by atoms with Crippen molar-refractivity contribution in [3.8, 4) is 0 Å². The molecule has 1 atom stereocenters. The van der Waals surface area contributed by atoms with Gasteiger partial charge in [0.1, 0.15) is 11.2 Å². The smallest absolute Gasteiger partial charge is 0.148 e. The minimum Gasteiger partial charge on any atom is -0.352 e. The molecule has 1 fully saturated rings. The van der Waals surface area contributed by atoms with E-state index in [1.807, 2.05) is 0 Å². The van der Waals surface area contributed by atoms with Crippen molar-refractivity contribution in [2.75, 3.05) is 0 Å². The molecular weight excluding hydrogens is 328 g/mol. The highest BCUT2D eigenvalue weighted by Gasteiger charge is 2.68. The SMILES string of the molecule is CC1(Cc2cccc3ccccc23)OC1(c1ccccc1)c1ccccc1. The van der Waals surface area contributed by atoms with E-state index in [0.29, 0.717) is 0 Å². The summed E-state index contributed by atoms with van der Waals surface area (Å²) in [5.74, 6) is 0. The lowest BCUT2D eigenvalue weighted by Gasteiger charge is -2.19. The van der Waals surface area contributed by atoms with Crippen LogP contribution in [0.25, 0.3) is 10.8 Å². The van der Waals surface area contributed by atoms with Crippen molar-refractivity contribution in [3.63, 3.8) is 0 Å². The normalized spacial score (nSPS) is 20.5. The van der Waals surface area contributed by atoms with Gasteiger partial charge < -0.3 is 4.74 Å². The molecule has 27 heavy (non-hydrogen) atoms. The Morgan fingerprint density at radius 2 is 1.19 bits per heavy atom. The first-order valence-electron chi connectivity index (χ1n) is 9.51. The Balaban J connectivity index is 1.61. The Morgan fingerprint density at radius 3 is 1.85 bits per heavy atom. The number of rotatable bonds is 4. The average Bonchev–Trinajstić information content (AvgIpc) is 3.36. The van der Waals surface area contributed by atoms with Crippen LogP contribution in [0, 0.1) is 0 Å². The van der Waals surface area contributed by atoms with E-state index >= 15 is 0 Å². The Hall–Kier alpha value is -2.90. The fourth-order valence-electron chi connectivity index (χ4n) is 4.52. The molecule has 0 spiro atoms. The largest absolute Gasteiger partial charge is 0.352 e. The van der Waals surface area contributed by atoms with Crippen molar-refractivity contribution in [1.82, 2.24) is 0 Å². The summed E-state index contributed by atoms with van der Waals surface area (Å²) in [6, 6.07) is 36.4. The van der Waals surface area contributed by atoms with E-state index in [9.17, 15) is 0 Å². The van der Waals surface area contributed by atoms with Crippen molar-refractivity contribution >= 4 is 10.8 Å². The Kier molecular flexibility index (Phi) is 3.66. The lowest BCUT2D eigenvalue weighted by atomic mass is 9.78. The highest BCUT2D eigenvalue weighted by atomic mass is 16.6. The van der Waals surface area contributed by atoms with Crippen LogP contribution in [-0.4, -0.2) is 5.60 Å². The van der Waals surface area contributed by atoms with Gasteiger partial charge in [-0.05, 0) is 34.4 Å². The Morgan fingerprint density at radius 1 is 0.630 bits per heavy atom. The third kappa shape index (κ3) is 2.50. The van der Waals surface area contributed by atoms with E-state index in [4.69, 9.17) is 4.74 Å². The summed E-state index contributed by atoms with van der Waals surface area (Å²) in [5, 5.41) is 2.59. The Bertz CT molecular complexity index is 1040. The summed E-state index contributed by atoms with van der Waals surface area (Å²) in [7, 11) is 0. The topological polar surface area (TPSA) is 12.5 Å². The molecule has 0 bridgehead atoms. The molecule has 0 aliphatic carbocycles. The fraction of sp³-hybridized carbons (Fsp3) is 0.154. The first-order valence-corrected chi connectivity index (χ1v) is 9.51. The second-order valence-corrected chi connectivity index (χ2v) is 7.56. The van der Waals surface area contributed by atoms with Crippen LogP contribution < -0.4 is 0 Å². The van der Waals surface area contributed by atoms with E-state index in [0.717, 1.165) is 6.42 Å². The number of ether oxygens (including phenoxy) is 1. The van der Waals surface area contributed by atoms with Gasteiger partial charge in [-0.2, -0.15) is 0 Å². The summed E-state index contributed by atoms with van der Waals surface area (Å²) in [6.07, 6.45) is 0.873. The van der Waals surface area contributed by atoms with Gasteiger partial charge in [-0.25, -0.2) is 0 Å². The zero-order valence-electron chi connectivity index (χ0n) is 15.4. The number of benzene rings is 4. The molecule has 5 rings (SSSR count). The van der Waals surface area contributed by atoms with Gasteiger partial charge in [-0.1, -0.05) is 103 Å². The molecule has 0 saturated carbocycles. The molecule has 4 aromatic carbocycles. The molecule has 0 N–H and O–H groups in total. The van der Waals surface area contributed by atoms with E-state index in [2.05, 4.69) is 110 Å². The van der Waals surface area contributed by atoms with Crippen LogP contribution >= 0.6 is 0 Å². The number of hydrogen-bond donors (Lipinski definition) is 0. The number of hydrogen-bond acceptors (Lipinski definition) is 1. The fourth-order valence-corrected chi connectivity index (χ4v) is 4.52. The lowest BCUT2D eigenvalue weighted by Crippen LogP contribution is -2.25. The zero-order valence-corrected chi connectivity index (χ0v) is 15.4. The highest BCUT2D eigenvalue weighted by molar-refractivity contribution is 5.85. The van der Waals surface area contributed by atoms with E-state index in [1.54, 1.807) is 0 Å². The van der Waals surface area contributed by atoms with Crippen molar-refractivity contribution in [1.29, 1.82) is 0 Å². The van der Waals surface area contributed by atoms with Gasteiger partial charge in [0, 0.05) is 6.42 Å². The molecule has 4 aromatic rings. The second-order valence-electron chi connectivity index (χ2n) is 7.56. The van der Waals surface area contributed by atoms with Gasteiger partial charge in [0.2, 0.25) is 0 Å². The summed E-state index contributed by atoms with van der Waals surface area (Å²) in [4.78, 5) is 0. The molecule has 1 aliphatic rings. The Labute approximate surface area is 160 Å². The molecule has 0 amide bonds. The molecule has 1 unspecified atom stereocenters. The molecule has 1 nitrogen and oxygen atoms in total. The van der Waals surface area contributed by atoms with Crippen LogP contribution in [0.15, 0.2) is 103 Å². The first-order chi connectivity index (χ1) is 13.2. The van der Waals surface area contributed by atoms with E-state index in [1.165, 1.54) is 27.5 Å². The van der Waals surface area contributed by atoms with Crippen molar-refractivity contribution in [2.24, 2.45) is 0 Å². The van der Waals surface area contributed by atoms with Gasteiger partial charge >= 0.3 is 0 Å². The van der Waals surface area contributed by atoms with Crippen LogP contribution in [0.3, 0.4) is 0 Å². The summed E-state index contributed by atoms with van der Waals surface area (Å²) >= 11 is 0. The molecular formula is C26H22O. The van der Waals surface area contributed by atoms with Crippen LogP contribution in [0.2, 0.25) is 0 Å². The molecule has 0 radical (unpaired) electrons. The van der Waals surface area contributed by atoms with Crippen molar-refractivity contribution in [3.05, 3.63) is 120 Å². The molecule has 1 aliphatic heterocycles. The van der Waals surface area contributed by atoms with Crippen molar-refractivity contribution in [2.45, 2.75) is 24.5 Å².